The van der Waals surface area contributed by atoms with Crippen LogP contribution in [0.5, 0.6) is 0 Å². The number of amides is 2. The van der Waals surface area contributed by atoms with Gasteiger partial charge in [0.05, 0.1) is 23.6 Å². The van der Waals surface area contributed by atoms with E-state index in [-0.39, 0.29) is 22.8 Å². The van der Waals surface area contributed by atoms with Gasteiger partial charge in [0, 0.05) is 30.1 Å². The van der Waals surface area contributed by atoms with Gasteiger partial charge in [-0.3, -0.25) is 15.1 Å². The number of ether oxygens (including phenoxy) is 1. The number of nitrogens with one attached hydrogen (secondary N) is 2. The van der Waals surface area contributed by atoms with E-state index in [2.05, 4.69) is 37.0 Å². The minimum absolute atomic E-state index is 0.0788. The van der Waals surface area contributed by atoms with Crippen LogP contribution < -0.4 is 10.6 Å². The molecule has 1 atom stereocenters. The molecule has 1 aliphatic carbocycles. The lowest BCUT2D eigenvalue weighted by molar-refractivity contribution is -0.130. The van der Waals surface area contributed by atoms with Crippen LogP contribution in [0.25, 0.3) is 11.4 Å². The van der Waals surface area contributed by atoms with Crippen LogP contribution in [-0.2, 0) is 16.6 Å². The number of halogens is 1. The predicted octanol–water partition coefficient (Wildman–Crippen LogP) is 4.11. The Labute approximate surface area is 206 Å². The first-order valence-corrected chi connectivity index (χ1v) is 11.2. The van der Waals surface area contributed by atoms with Gasteiger partial charge in [0.15, 0.2) is 11.5 Å². The van der Waals surface area contributed by atoms with Crippen molar-refractivity contribution in [2.45, 2.75) is 32.8 Å². The smallest absolute Gasteiger partial charge is 0.413 e. The lowest BCUT2D eigenvalue weighted by atomic mass is 9.63. The molecule has 3 aromatic rings. The number of hydrogen-bond acceptors (Lipinski definition) is 8. The largest absolute Gasteiger partial charge is 0.441 e. The van der Waals surface area contributed by atoms with Crippen LogP contribution in [0.1, 0.15) is 38.4 Å². The Hall–Kier alpha value is -4.04. The van der Waals surface area contributed by atoms with Crippen molar-refractivity contribution in [1.29, 1.82) is 5.26 Å². The summed E-state index contributed by atoms with van der Waals surface area (Å²) in [5.74, 6) is 0.0594. The molecule has 3 heterocycles. The molecule has 0 saturated heterocycles. The summed E-state index contributed by atoms with van der Waals surface area (Å²) in [5, 5.41) is 22.8. The quantitative estimate of drug-likeness (QED) is 0.486. The minimum Gasteiger partial charge on any atom is -0.441 e. The highest BCUT2D eigenvalue weighted by Crippen LogP contribution is 2.45. The van der Waals surface area contributed by atoms with E-state index in [0.717, 1.165) is 0 Å². The molecule has 0 aliphatic heterocycles. The van der Waals surface area contributed by atoms with E-state index in [1.807, 2.05) is 6.92 Å². The molecule has 3 aromatic heterocycles. The molecule has 0 bridgehead atoms. The summed E-state index contributed by atoms with van der Waals surface area (Å²) in [4.78, 5) is 33.5. The highest BCUT2D eigenvalue weighted by Gasteiger charge is 2.46. The predicted molar refractivity (Wildman–Crippen MR) is 127 cm³/mol. The molecular formula is C23H23ClN8O3. The highest BCUT2D eigenvalue weighted by molar-refractivity contribution is 6.30. The molecule has 2 N–H and O–H groups in total. The van der Waals surface area contributed by atoms with Crippen molar-refractivity contribution in [3.05, 3.63) is 47.4 Å². The van der Waals surface area contributed by atoms with Gasteiger partial charge in [-0.25, -0.2) is 14.5 Å². The molecular weight excluding hydrogens is 472 g/mol. The average Bonchev–Trinajstić information content (AvgIpc) is 3.17. The molecule has 180 valence electrons. The highest BCUT2D eigenvalue weighted by atomic mass is 35.5. The monoisotopic (exact) mass is 494 g/mol. The van der Waals surface area contributed by atoms with Crippen LogP contribution in [0.2, 0.25) is 5.15 Å². The zero-order valence-electron chi connectivity index (χ0n) is 19.3. The second kappa shape index (κ2) is 9.68. The SMILES string of the molecule is C[C@@H](OC(=O)Nc1c(-c2ccc(NC(=O)[C@]3(C)C[C@H](C#N)C3)cn2)nnn1C)c1cccnc1Cl. The zero-order valence-corrected chi connectivity index (χ0v) is 20.1. The van der Waals surface area contributed by atoms with Crippen LogP contribution in [0.4, 0.5) is 16.3 Å². The van der Waals surface area contributed by atoms with Gasteiger partial charge < -0.3 is 10.1 Å². The van der Waals surface area contributed by atoms with Crippen molar-refractivity contribution in [3.8, 4) is 17.5 Å². The summed E-state index contributed by atoms with van der Waals surface area (Å²) in [6.45, 7) is 3.53. The maximum absolute atomic E-state index is 12.6. The molecule has 35 heavy (non-hydrogen) atoms. The van der Waals surface area contributed by atoms with Crippen molar-refractivity contribution < 1.29 is 14.3 Å². The fourth-order valence-electron chi connectivity index (χ4n) is 3.92. The van der Waals surface area contributed by atoms with E-state index in [0.29, 0.717) is 35.5 Å². The van der Waals surface area contributed by atoms with Gasteiger partial charge in [-0.2, -0.15) is 5.26 Å². The molecule has 1 saturated carbocycles. The van der Waals surface area contributed by atoms with Crippen molar-refractivity contribution in [2.75, 3.05) is 10.6 Å². The Morgan fingerprint density at radius 2 is 2.06 bits per heavy atom. The first kappa shape index (κ1) is 24.1. The van der Waals surface area contributed by atoms with Gasteiger partial charge >= 0.3 is 6.09 Å². The Balaban J connectivity index is 1.42. The van der Waals surface area contributed by atoms with Crippen molar-refractivity contribution >= 4 is 35.1 Å². The van der Waals surface area contributed by atoms with Gasteiger partial charge in [0.1, 0.15) is 11.3 Å². The van der Waals surface area contributed by atoms with E-state index in [9.17, 15) is 9.59 Å². The van der Waals surface area contributed by atoms with E-state index < -0.39 is 17.6 Å². The number of nitriles is 1. The zero-order chi connectivity index (χ0) is 25.2. The number of carbonyl (C=O) groups is 2. The number of aryl methyl sites for hydroxylation is 1. The number of nitrogens with zero attached hydrogens (tertiary/aromatic N) is 6. The maximum Gasteiger partial charge on any atom is 0.413 e. The van der Waals surface area contributed by atoms with Gasteiger partial charge in [-0.15, -0.1) is 5.10 Å². The number of hydrogen-bond donors (Lipinski definition) is 2. The Bertz CT molecular complexity index is 1290. The number of rotatable bonds is 6. The van der Waals surface area contributed by atoms with Crippen molar-refractivity contribution in [1.82, 2.24) is 25.0 Å². The number of anilines is 2. The second-order valence-corrected chi connectivity index (χ2v) is 9.01. The number of pyridine rings is 2. The Morgan fingerprint density at radius 1 is 1.29 bits per heavy atom. The van der Waals surface area contributed by atoms with Gasteiger partial charge in [-0.1, -0.05) is 29.8 Å². The Morgan fingerprint density at radius 3 is 2.71 bits per heavy atom. The third-order valence-electron chi connectivity index (χ3n) is 5.95. The summed E-state index contributed by atoms with van der Waals surface area (Å²) in [6.07, 6.45) is 2.77. The van der Waals surface area contributed by atoms with Crippen molar-refractivity contribution in [2.24, 2.45) is 18.4 Å². The maximum atomic E-state index is 12.6. The van der Waals surface area contributed by atoms with Gasteiger partial charge in [0.25, 0.3) is 0 Å². The minimum atomic E-state index is -0.725. The Kier molecular flexibility index (Phi) is 6.66. The van der Waals surface area contributed by atoms with E-state index in [1.54, 1.807) is 44.4 Å². The molecule has 0 spiro atoms. The van der Waals surface area contributed by atoms with Crippen LogP contribution >= 0.6 is 11.6 Å². The van der Waals surface area contributed by atoms with Crippen LogP contribution in [0, 0.1) is 22.7 Å². The van der Waals surface area contributed by atoms with Crippen LogP contribution in [-0.4, -0.2) is 37.0 Å². The second-order valence-electron chi connectivity index (χ2n) is 8.65. The summed E-state index contributed by atoms with van der Waals surface area (Å²) >= 11 is 6.08. The van der Waals surface area contributed by atoms with Gasteiger partial charge in [0.2, 0.25) is 5.91 Å². The topological polar surface area (TPSA) is 148 Å². The molecule has 11 nitrogen and oxygen atoms in total. The molecule has 1 fully saturated rings. The molecule has 0 radical (unpaired) electrons. The lowest BCUT2D eigenvalue weighted by Crippen LogP contribution is -2.44. The summed E-state index contributed by atoms with van der Waals surface area (Å²) in [6, 6.07) is 8.97. The lowest BCUT2D eigenvalue weighted by Gasteiger charge is -2.40. The first-order chi connectivity index (χ1) is 16.7. The molecule has 1 aliphatic rings. The third kappa shape index (κ3) is 5.07. The van der Waals surface area contributed by atoms with Crippen LogP contribution in [0.15, 0.2) is 36.7 Å². The number of carbonyl (C=O) groups excluding carboxylic acids is 2. The van der Waals surface area contributed by atoms with E-state index in [1.165, 1.54) is 10.9 Å². The average molecular weight is 495 g/mol. The van der Waals surface area contributed by atoms with Crippen LogP contribution in [0.3, 0.4) is 0 Å². The first-order valence-electron chi connectivity index (χ1n) is 10.9. The van der Waals surface area contributed by atoms with E-state index >= 15 is 0 Å². The number of aromatic nitrogens is 5. The summed E-state index contributed by atoms with van der Waals surface area (Å²) < 4.78 is 6.82. The summed E-state index contributed by atoms with van der Waals surface area (Å²) in [5.41, 5.74) is 1.30. The fourth-order valence-corrected chi connectivity index (χ4v) is 4.19. The molecule has 0 aromatic carbocycles. The molecule has 2 amide bonds. The fraction of sp³-hybridized carbons (Fsp3) is 0.348. The third-order valence-corrected chi connectivity index (χ3v) is 6.26. The van der Waals surface area contributed by atoms with Crippen molar-refractivity contribution in [3.63, 3.8) is 0 Å². The van der Waals surface area contributed by atoms with Gasteiger partial charge in [-0.05, 0) is 38.0 Å². The molecule has 0 unspecified atom stereocenters. The standard InChI is InChI=1S/C23H23ClN8O3/c1-13(16-5-4-8-26-19(16)24)35-22(34)29-20-18(30-31-32(20)3)17-7-6-15(12-27-17)28-21(33)23(2)9-14(10-23)11-25/h4-8,12-14H,9-10H2,1-3H3,(H,28,33)(H,29,34)/t13-,14-,23+/m1/s1. The van der Waals surface area contributed by atoms with E-state index in [4.69, 9.17) is 21.6 Å². The molecule has 12 heteroatoms. The normalized spacial score (nSPS) is 19.7. The molecule has 4 rings (SSSR count). The summed E-state index contributed by atoms with van der Waals surface area (Å²) in [7, 11) is 1.62.